The van der Waals surface area contributed by atoms with Crippen molar-refractivity contribution in [3.8, 4) is 11.5 Å². The normalized spacial score (nSPS) is 22.0. The minimum atomic E-state index is -0.194. The molecule has 1 aliphatic carbocycles. The van der Waals surface area contributed by atoms with E-state index in [1.54, 1.807) is 7.11 Å². The fraction of sp³-hybridized carbons (Fsp3) is 0.600. The van der Waals surface area contributed by atoms with Gasteiger partial charge in [-0.05, 0) is 30.5 Å². The molecule has 0 unspecified atom stereocenters. The van der Waals surface area contributed by atoms with Crippen molar-refractivity contribution in [3.63, 3.8) is 0 Å². The largest absolute Gasteiger partial charge is 0.493 e. The third-order valence-electron chi connectivity index (χ3n) is 4.14. The molecule has 4 nitrogen and oxygen atoms in total. The average molecular weight is 263 g/mol. The molecule has 1 aromatic carbocycles. The molecule has 3 rings (SSSR count). The number of hydrogen-bond donors (Lipinski definition) is 1. The van der Waals surface area contributed by atoms with E-state index in [0.29, 0.717) is 13.2 Å². The van der Waals surface area contributed by atoms with Gasteiger partial charge in [0.2, 0.25) is 0 Å². The predicted octanol–water partition coefficient (Wildman–Crippen LogP) is 2.20. The van der Waals surface area contributed by atoms with Crippen molar-refractivity contribution in [2.24, 2.45) is 5.73 Å². The number of hydrogen-bond acceptors (Lipinski definition) is 4. The minimum absolute atomic E-state index is 0.140. The Morgan fingerprint density at radius 3 is 2.53 bits per heavy atom. The highest BCUT2D eigenvalue weighted by Gasteiger charge is 2.32. The van der Waals surface area contributed by atoms with Gasteiger partial charge in [0.1, 0.15) is 6.10 Å². The van der Waals surface area contributed by atoms with E-state index in [1.807, 2.05) is 12.1 Å². The van der Waals surface area contributed by atoms with Crippen molar-refractivity contribution < 1.29 is 14.2 Å². The summed E-state index contributed by atoms with van der Waals surface area (Å²) in [5.41, 5.74) is 7.46. The van der Waals surface area contributed by atoms with Gasteiger partial charge in [0.05, 0.1) is 20.3 Å². The fourth-order valence-corrected chi connectivity index (χ4v) is 2.83. The fourth-order valence-electron chi connectivity index (χ4n) is 2.83. The van der Waals surface area contributed by atoms with Crippen LogP contribution in [0.3, 0.4) is 0 Å². The summed E-state index contributed by atoms with van der Waals surface area (Å²) in [5.74, 6) is 1.54. The summed E-state index contributed by atoms with van der Waals surface area (Å²) < 4.78 is 16.4. The van der Waals surface area contributed by atoms with Crippen LogP contribution in [-0.4, -0.2) is 26.4 Å². The van der Waals surface area contributed by atoms with Crippen LogP contribution in [0.15, 0.2) is 18.2 Å². The Bertz CT molecular complexity index is 451. The lowest BCUT2D eigenvalue weighted by molar-refractivity contribution is -0.0803. The van der Waals surface area contributed by atoms with E-state index < -0.39 is 0 Å². The molecule has 0 amide bonds. The van der Waals surface area contributed by atoms with Crippen LogP contribution < -0.4 is 15.2 Å². The van der Waals surface area contributed by atoms with Crippen LogP contribution in [-0.2, 0) is 10.3 Å². The molecule has 0 atom stereocenters. The van der Waals surface area contributed by atoms with Crippen LogP contribution in [0.5, 0.6) is 11.5 Å². The molecular weight excluding hydrogens is 242 g/mol. The second-order valence-corrected chi connectivity index (χ2v) is 5.51. The average Bonchev–Trinajstić information content (AvgIpc) is 2.82. The molecule has 4 heteroatoms. The number of ether oxygens (including phenoxy) is 3. The van der Waals surface area contributed by atoms with Gasteiger partial charge in [-0.2, -0.15) is 0 Å². The molecule has 1 saturated heterocycles. The van der Waals surface area contributed by atoms with Gasteiger partial charge in [-0.3, -0.25) is 0 Å². The molecule has 0 radical (unpaired) electrons. The number of nitrogens with two attached hydrogens (primary N) is 1. The zero-order chi connectivity index (χ0) is 13.3. The Labute approximate surface area is 113 Å². The van der Waals surface area contributed by atoms with Gasteiger partial charge in [0, 0.05) is 5.54 Å². The van der Waals surface area contributed by atoms with E-state index in [9.17, 15) is 0 Å². The molecule has 0 aromatic heterocycles. The van der Waals surface area contributed by atoms with Crippen molar-refractivity contribution in [3.05, 3.63) is 23.8 Å². The maximum atomic E-state index is 6.50. The third kappa shape index (κ3) is 2.42. The molecule has 0 bridgehead atoms. The van der Waals surface area contributed by atoms with E-state index in [4.69, 9.17) is 19.9 Å². The Kier molecular flexibility index (Phi) is 3.37. The summed E-state index contributed by atoms with van der Waals surface area (Å²) in [6.07, 6.45) is 4.64. The molecule has 1 heterocycles. The summed E-state index contributed by atoms with van der Waals surface area (Å²) >= 11 is 0. The molecule has 19 heavy (non-hydrogen) atoms. The van der Waals surface area contributed by atoms with Crippen molar-refractivity contribution in [2.45, 2.75) is 37.3 Å². The quantitative estimate of drug-likeness (QED) is 0.904. The standard InChI is InChI=1S/C15H21NO3/c1-17-13-5-4-11(15(16)6-2-3-7-15)8-14(13)19-12-9-18-10-12/h4-5,8,12H,2-3,6-7,9-10,16H2,1H3. The molecular formula is C15H21NO3. The van der Waals surface area contributed by atoms with Crippen LogP contribution >= 0.6 is 0 Å². The smallest absolute Gasteiger partial charge is 0.162 e. The Morgan fingerprint density at radius 2 is 1.95 bits per heavy atom. The lowest BCUT2D eigenvalue weighted by Gasteiger charge is -2.29. The summed E-state index contributed by atoms with van der Waals surface area (Å²) in [6, 6.07) is 6.06. The zero-order valence-electron chi connectivity index (χ0n) is 11.4. The van der Waals surface area contributed by atoms with Crippen molar-refractivity contribution in [1.82, 2.24) is 0 Å². The molecule has 104 valence electrons. The first-order valence-electron chi connectivity index (χ1n) is 6.93. The minimum Gasteiger partial charge on any atom is -0.493 e. The van der Waals surface area contributed by atoms with Crippen molar-refractivity contribution in [1.29, 1.82) is 0 Å². The number of methoxy groups -OCH3 is 1. The first kappa shape index (κ1) is 12.8. The zero-order valence-corrected chi connectivity index (χ0v) is 11.4. The van der Waals surface area contributed by atoms with Crippen LogP contribution in [0.1, 0.15) is 31.2 Å². The molecule has 1 aromatic rings. The second-order valence-electron chi connectivity index (χ2n) is 5.51. The van der Waals surface area contributed by atoms with Crippen LogP contribution in [0.25, 0.3) is 0 Å². The number of benzene rings is 1. The highest BCUT2D eigenvalue weighted by molar-refractivity contribution is 5.45. The van der Waals surface area contributed by atoms with Crippen molar-refractivity contribution >= 4 is 0 Å². The topological polar surface area (TPSA) is 53.7 Å². The maximum absolute atomic E-state index is 6.50. The highest BCUT2D eigenvalue weighted by atomic mass is 16.6. The monoisotopic (exact) mass is 263 g/mol. The van der Waals surface area contributed by atoms with Crippen molar-refractivity contribution in [2.75, 3.05) is 20.3 Å². The molecule has 2 fully saturated rings. The van der Waals surface area contributed by atoms with E-state index >= 15 is 0 Å². The van der Waals surface area contributed by atoms with Gasteiger partial charge in [-0.25, -0.2) is 0 Å². The lowest BCUT2D eigenvalue weighted by atomic mass is 9.89. The SMILES string of the molecule is COc1ccc(C2(N)CCCC2)cc1OC1COC1. The summed E-state index contributed by atoms with van der Waals surface area (Å²) in [6.45, 7) is 1.31. The van der Waals surface area contributed by atoms with Crippen LogP contribution in [0.2, 0.25) is 0 Å². The first-order chi connectivity index (χ1) is 9.21. The van der Waals surface area contributed by atoms with E-state index in [0.717, 1.165) is 29.9 Å². The maximum Gasteiger partial charge on any atom is 0.162 e. The van der Waals surface area contributed by atoms with Gasteiger partial charge < -0.3 is 19.9 Å². The number of rotatable bonds is 4. The van der Waals surface area contributed by atoms with Gasteiger partial charge in [-0.1, -0.05) is 18.9 Å². The first-order valence-corrected chi connectivity index (χ1v) is 6.93. The Hall–Kier alpha value is -1.26. The highest BCUT2D eigenvalue weighted by Crippen LogP contribution is 2.40. The van der Waals surface area contributed by atoms with E-state index in [2.05, 4.69) is 6.07 Å². The van der Waals surface area contributed by atoms with Gasteiger partial charge in [-0.15, -0.1) is 0 Å². The molecule has 0 spiro atoms. The Morgan fingerprint density at radius 1 is 1.21 bits per heavy atom. The Balaban J connectivity index is 1.87. The molecule has 1 aliphatic heterocycles. The third-order valence-corrected chi connectivity index (χ3v) is 4.14. The molecule has 2 aliphatic rings. The van der Waals surface area contributed by atoms with Crippen LogP contribution in [0, 0.1) is 0 Å². The van der Waals surface area contributed by atoms with Gasteiger partial charge in [0.15, 0.2) is 11.5 Å². The second kappa shape index (κ2) is 5.02. The summed E-state index contributed by atoms with van der Waals surface area (Å²) in [4.78, 5) is 0. The predicted molar refractivity (Wildman–Crippen MR) is 72.6 cm³/mol. The van der Waals surface area contributed by atoms with Crippen LogP contribution in [0.4, 0.5) is 0 Å². The van der Waals surface area contributed by atoms with E-state index in [-0.39, 0.29) is 11.6 Å². The van der Waals surface area contributed by atoms with Gasteiger partial charge in [0.25, 0.3) is 0 Å². The summed E-state index contributed by atoms with van der Waals surface area (Å²) in [7, 11) is 1.66. The molecule has 2 N–H and O–H groups in total. The van der Waals surface area contributed by atoms with Gasteiger partial charge >= 0.3 is 0 Å². The lowest BCUT2D eigenvalue weighted by Crippen LogP contribution is -2.39. The van der Waals surface area contributed by atoms with E-state index in [1.165, 1.54) is 12.8 Å². The summed E-state index contributed by atoms with van der Waals surface area (Å²) in [5, 5.41) is 0. The molecule has 1 saturated carbocycles.